The molecule has 1 aromatic heterocycles. The molecular formula is C16H30N3O2+. The Labute approximate surface area is 127 Å². The summed E-state index contributed by atoms with van der Waals surface area (Å²) in [6, 6.07) is -0.00851. The zero-order valence-electron chi connectivity index (χ0n) is 14.4. The maximum Gasteiger partial charge on any atom is 0.311 e. The van der Waals surface area contributed by atoms with Gasteiger partial charge < -0.3 is 15.0 Å². The van der Waals surface area contributed by atoms with Gasteiger partial charge in [-0.2, -0.15) is 0 Å². The first kappa shape index (κ1) is 17.7. The van der Waals surface area contributed by atoms with E-state index in [2.05, 4.69) is 31.5 Å². The SMILES string of the molecule is Cn1cnc(CC(OC(=O)C(C)(C)C)C([NH3+])C(C)(C)C)c1. The average Bonchev–Trinajstić information content (AvgIpc) is 2.70. The van der Waals surface area contributed by atoms with Crippen molar-refractivity contribution in [1.82, 2.24) is 9.55 Å². The Morgan fingerprint density at radius 1 is 1.33 bits per heavy atom. The number of aromatic nitrogens is 2. The number of ether oxygens (including phenoxy) is 1. The molecule has 0 aliphatic carbocycles. The van der Waals surface area contributed by atoms with E-state index in [1.54, 1.807) is 6.33 Å². The Bertz CT molecular complexity index is 480. The van der Waals surface area contributed by atoms with Crippen molar-refractivity contribution in [2.45, 2.75) is 60.1 Å². The molecule has 1 rings (SSSR count). The molecule has 2 unspecified atom stereocenters. The van der Waals surface area contributed by atoms with E-state index in [1.165, 1.54) is 0 Å². The Hall–Kier alpha value is -1.36. The molecule has 0 saturated heterocycles. The summed E-state index contributed by atoms with van der Waals surface area (Å²) in [6.45, 7) is 11.9. The summed E-state index contributed by atoms with van der Waals surface area (Å²) in [6.07, 6.45) is 4.03. The highest BCUT2D eigenvalue weighted by Gasteiger charge is 2.37. The van der Waals surface area contributed by atoms with Gasteiger partial charge in [-0.25, -0.2) is 4.98 Å². The van der Waals surface area contributed by atoms with Gasteiger partial charge >= 0.3 is 5.97 Å². The Kier molecular flexibility index (Phi) is 5.20. The number of esters is 1. The second-order valence-corrected chi connectivity index (χ2v) is 7.90. The predicted molar refractivity (Wildman–Crippen MR) is 82.4 cm³/mol. The monoisotopic (exact) mass is 296 g/mol. The van der Waals surface area contributed by atoms with Gasteiger partial charge in [0.15, 0.2) is 6.10 Å². The van der Waals surface area contributed by atoms with Gasteiger partial charge in [-0.1, -0.05) is 20.8 Å². The fourth-order valence-electron chi connectivity index (χ4n) is 1.92. The van der Waals surface area contributed by atoms with Crippen LogP contribution in [0.4, 0.5) is 0 Å². The van der Waals surface area contributed by atoms with Crippen LogP contribution in [-0.4, -0.2) is 27.7 Å². The first-order valence-corrected chi connectivity index (χ1v) is 7.42. The lowest BCUT2D eigenvalue weighted by Gasteiger charge is -2.32. The third-order valence-electron chi connectivity index (χ3n) is 3.60. The molecule has 0 aliphatic rings. The van der Waals surface area contributed by atoms with Crippen molar-refractivity contribution in [3.05, 3.63) is 18.2 Å². The van der Waals surface area contributed by atoms with Crippen molar-refractivity contribution in [2.24, 2.45) is 17.9 Å². The lowest BCUT2D eigenvalue weighted by molar-refractivity contribution is -0.460. The molecule has 0 bridgehead atoms. The van der Waals surface area contributed by atoms with Crippen LogP contribution < -0.4 is 5.73 Å². The minimum Gasteiger partial charge on any atom is -0.455 e. The molecule has 5 heteroatoms. The third kappa shape index (κ3) is 5.16. The Balaban J connectivity index is 2.92. The van der Waals surface area contributed by atoms with Crippen LogP contribution in [0.15, 0.2) is 12.5 Å². The summed E-state index contributed by atoms with van der Waals surface area (Å²) in [5.74, 6) is -0.193. The number of imidazole rings is 1. The zero-order chi connectivity index (χ0) is 16.4. The molecule has 0 spiro atoms. The first-order valence-electron chi connectivity index (χ1n) is 7.42. The van der Waals surface area contributed by atoms with Crippen molar-refractivity contribution >= 4 is 5.97 Å². The minimum absolute atomic E-state index is 0.00851. The number of carbonyl (C=O) groups is 1. The molecule has 0 amide bonds. The smallest absolute Gasteiger partial charge is 0.311 e. The molecule has 2 atom stereocenters. The van der Waals surface area contributed by atoms with Crippen LogP contribution >= 0.6 is 0 Å². The van der Waals surface area contributed by atoms with Crippen LogP contribution in [0.25, 0.3) is 0 Å². The first-order chi connectivity index (χ1) is 9.41. The van der Waals surface area contributed by atoms with Gasteiger partial charge in [-0.05, 0) is 20.8 Å². The van der Waals surface area contributed by atoms with Crippen LogP contribution in [0.3, 0.4) is 0 Å². The highest BCUT2D eigenvalue weighted by molar-refractivity contribution is 5.75. The topological polar surface area (TPSA) is 71.8 Å². The standard InChI is InChI=1S/C16H29N3O2/c1-15(2,3)13(17)12(21-14(20)16(4,5)6)8-11-9-19(7)10-18-11/h9-10,12-13H,8,17H2,1-7H3/p+1. The van der Waals surface area contributed by atoms with E-state index in [4.69, 9.17) is 4.74 Å². The maximum atomic E-state index is 12.2. The van der Waals surface area contributed by atoms with Crippen molar-refractivity contribution in [1.29, 1.82) is 0 Å². The molecule has 120 valence electrons. The van der Waals surface area contributed by atoms with Gasteiger partial charge in [0.05, 0.1) is 17.4 Å². The molecule has 0 fully saturated rings. The molecule has 5 nitrogen and oxygen atoms in total. The number of hydrogen-bond acceptors (Lipinski definition) is 3. The summed E-state index contributed by atoms with van der Waals surface area (Å²) in [5, 5.41) is 0. The molecule has 0 saturated carbocycles. The second-order valence-electron chi connectivity index (χ2n) is 7.90. The van der Waals surface area contributed by atoms with Gasteiger partial charge in [-0.15, -0.1) is 0 Å². The zero-order valence-corrected chi connectivity index (χ0v) is 14.4. The van der Waals surface area contributed by atoms with Crippen LogP contribution in [0, 0.1) is 10.8 Å². The van der Waals surface area contributed by atoms with Crippen LogP contribution in [0.1, 0.15) is 47.2 Å². The number of quaternary nitrogens is 1. The fraction of sp³-hybridized carbons (Fsp3) is 0.750. The quantitative estimate of drug-likeness (QED) is 0.857. The van der Waals surface area contributed by atoms with E-state index >= 15 is 0 Å². The van der Waals surface area contributed by atoms with Crippen molar-refractivity contribution < 1.29 is 15.3 Å². The molecule has 21 heavy (non-hydrogen) atoms. The maximum absolute atomic E-state index is 12.2. The highest BCUT2D eigenvalue weighted by atomic mass is 16.5. The summed E-state index contributed by atoms with van der Waals surface area (Å²) in [4.78, 5) is 16.6. The second kappa shape index (κ2) is 6.18. The van der Waals surface area contributed by atoms with Gasteiger partial charge in [0.1, 0.15) is 6.04 Å². The normalized spacial score (nSPS) is 15.6. The Morgan fingerprint density at radius 2 is 1.90 bits per heavy atom. The molecular weight excluding hydrogens is 266 g/mol. The lowest BCUT2D eigenvalue weighted by Crippen LogP contribution is -2.72. The van der Waals surface area contributed by atoms with E-state index in [-0.39, 0.29) is 23.5 Å². The van der Waals surface area contributed by atoms with E-state index in [1.807, 2.05) is 38.6 Å². The van der Waals surface area contributed by atoms with E-state index < -0.39 is 5.41 Å². The van der Waals surface area contributed by atoms with Gasteiger partial charge in [0, 0.05) is 25.1 Å². The lowest BCUT2D eigenvalue weighted by atomic mass is 9.82. The number of carbonyl (C=O) groups excluding carboxylic acids is 1. The largest absolute Gasteiger partial charge is 0.455 e. The predicted octanol–water partition coefficient (Wildman–Crippen LogP) is 1.58. The van der Waals surface area contributed by atoms with Crippen LogP contribution in [-0.2, 0) is 23.0 Å². The van der Waals surface area contributed by atoms with E-state index in [0.717, 1.165) is 5.69 Å². The Morgan fingerprint density at radius 3 is 2.29 bits per heavy atom. The summed E-state index contributed by atoms with van der Waals surface area (Å²) < 4.78 is 7.66. The van der Waals surface area contributed by atoms with Crippen LogP contribution in [0.2, 0.25) is 0 Å². The van der Waals surface area contributed by atoms with Crippen molar-refractivity contribution in [3.8, 4) is 0 Å². The number of rotatable bonds is 4. The number of hydrogen-bond donors (Lipinski definition) is 1. The summed E-state index contributed by atoms with van der Waals surface area (Å²) in [5.41, 5.74) is 4.60. The van der Waals surface area contributed by atoms with Crippen LogP contribution in [0.5, 0.6) is 0 Å². The highest BCUT2D eigenvalue weighted by Crippen LogP contribution is 2.25. The molecule has 1 aromatic rings. The van der Waals surface area contributed by atoms with E-state index in [9.17, 15) is 4.79 Å². The summed E-state index contributed by atoms with van der Waals surface area (Å²) >= 11 is 0. The van der Waals surface area contributed by atoms with Gasteiger partial charge in [0.2, 0.25) is 0 Å². The summed E-state index contributed by atoms with van der Waals surface area (Å²) in [7, 11) is 1.93. The number of nitrogens with zero attached hydrogens (tertiary/aromatic N) is 2. The van der Waals surface area contributed by atoms with Crippen molar-refractivity contribution in [2.75, 3.05) is 0 Å². The van der Waals surface area contributed by atoms with E-state index in [0.29, 0.717) is 6.42 Å². The molecule has 0 aliphatic heterocycles. The molecule has 3 N–H and O–H groups in total. The van der Waals surface area contributed by atoms with Gasteiger partial charge in [0.25, 0.3) is 0 Å². The minimum atomic E-state index is -0.514. The molecule has 0 radical (unpaired) electrons. The number of aryl methyl sites for hydroxylation is 1. The van der Waals surface area contributed by atoms with Gasteiger partial charge in [-0.3, -0.25) is 4.79 Å². The fourth-order valence-corrected chi connectivity index (χ4v) is 1.92. The molecule has 1 heterocycles. The van der Waals surface area contributed by atoms with Crippen molar-refractivity contribution in [3.63, 3.8) is 0 Å². The average molecular weight is 296 g/mol. The molecule has 0 aromatic carbocycles. The third-order valence-corrected chi connectivity index (χ3v) is 3.60.